The minimum atomic E-state index is -0.0188. The molecular weight excluding hydrogens is 224 g/mol. The molecule has 1 amide bonds. The Labute approximate surface area is 100 Å². The molecule has 0 heterocycles. The van der Waals surface area contributed by atoms with Crippen molar-refractivity contribution in [2.24, 2.45) is 0 Å². The fourth-order valence-corrected chi connectivity index (χ4v) is 2.10. The van der Waals surface area contributed by atoms with Crippen LogP contribution in [-0.2, 0) is 0 Å². The summed E-state index contributed by atoms with van der Waals surface area (Å²) in [7, 11) is 1.83. The fourth-order valence-electron chi connectivity index (χ4n) is 1.83. The monoisotopic (exact) mass is 238 g/mol. The van der Waals surface area contributed by atoms with Crippen molar-refractivity contribution in [2.75, 3.05) is 12.8 Å². The summed E-state index contributed by atoms with van der Waals surface area (Å²) in [5, 5.41) is 0.427. The average molecular weight is 239 g/mol. The van der Waals surface area contributed by atoms with Gasteiger partial charge in [0.2, 0.25) is 0 Å². The van der Waals surface area contributed by atoms with E-state index in [2.05, 4.69) is 0 Å². The highest BCUT2D eigenvalue weighted by atomic mass is 35.5. The fraction of sp³-hybridized carbons (Fsp3) is 0.417. The maximum absolute atomic E-state index is 12.1. The van der Waals surface area contributed by atoms with E-state index >= 15 is 0 Å². The SMILES string of the molecule is CN(C(=O)c1ccc(N)cc1Cl)C1CCC1. The summed E-state index contributed by atoms with van der Waals surface area (Å²) in [6.45, 7) is 0. The van der Waals surface area contributed by atoms with Crippen molar-refractivity contribution < 1.29 is 4.79 Å². The van der Waals surface area contributed by atoms with Crippen LogP contribution < -0.4 is 5.73 Å². The molecule has 0 saturated heterocycles. The Kier molecular flexibility index (Phi) is 3.06. The molecule has 0 spiro atoms. The molecule has 4 heteroatoms. The van der Waals surface area contributed by atoms with E-state index in [0.29, 0.717) is 22.3 Å². The van der Waals surface area contributed by atoms with Gasteiger partial charge in [0.15, 0.2) is 0 Å². The minimum Gasteiger partial charge on any atom is -0.399 e. The maximum atomic E-state index is 12.1. The van der Waals surface area contributed by atoms with Crippen molar-refractivity contribution in [2.45, 2.75) is 25.3 Å². The highest BCUT2D eigenvalue weighted by Crippen LogP contribution is 2.27. The van der Waals surface area contributed by atoms with Gasteiger partial charge in [-0.3, -0.25) is 4.79 Å². The molecule has 0 bridgehead atoms. The Morgan fingerprint density at radius 3 is 2.69 bits per heavy atom. The van der Waals surface area contributed by atoms with Gasteiger partial charge >= 0.3 is 0 Å². The first-order valence-corrected chi connectivity index (χ1v) is 5.79. The van der Waals surface area contributed by atoms with E-state index in [0.717, 1.165) is 12.8 Å². The second kappa shape index (κ2) is 4.34. The number of carbonyl (C=O) groups is 1. The Balaban J connectivity index is 2.19. The van der Waals surface area contributed by atoms with E-state index in [4.69, 9.17) is 17.3 Å². The van der Waals surface area contributed by atoms with Crippen LogP contribution in [0.15, 0.2) is 18.2 Å². The Morgan fingerprint density at radius 1 is 1.50 bits per heavy atom. The van der Waals surface area contributed by atoms with E-state index in [1.165, 1.54) is 6.42 Å². The van der Waals surface area contributed by atoms with Crippen LogP contribution >= 0.6 is 11.6 Å². The predicted molar refractivity (Wildman–Crippen MR) is 65.6 cm³/mol. The van der Waals surface area contributed by atoms with Crippen molar-refractivity contribution in [3.63, 3.8) is 0 Å². The molecule has 0 aromatic heterocycles. The number of hydrogen-bond donors (Lipinski definition) is 1. The van der Waals surface area contributed by atoms with E-state index < -0.39 is 0 Å². The minimum absolute atomic E-state index is 0.0188. The molecule has 1 fully saturated rings. The molecule has 1 aromatic carbocycles. The maximum Gasteiger partial charge on any atom is 0.255 e. The van der Waals surface area contributed by atoms with Gasteiger partial charge in [-0.05, 0) is 37.5 Å². The number of nitrogen functional groups attached to an aromatic ring is 1. The summed E-state index contributed by atoms with van der Waals surface area (Å²) in [4.78, 5) is 13.9. The number of carbonyl (C=O) groups excluding carboxylic acids is 1. The number of nitrogens with two attached hydrogens (primary N) is 1. The van der Waals surface area contributed by atoms with Crippen molar-refractivity contribution in [1.82, 2.24) is 4.90 Å². The molecule has 16 heavy (non-hydrogen) atoms. The standard InChI is InChI=1S/C12H15ClN2O/c1-15(9-3-2-4-9)12(16)10-6-5-8(14)7-11(10)13/h5-7,9H,2-4,14H2,1H3. The molecule has 0 radical (unpaired) electrons. The molecule has 1 saturated carbocycles. The van der Waals surface area contributed by atoms with Gasteiger partial charge in [-0.1, -0.05) is 11.6 Å². The van der Waals surface area contributed by atoms with Crippen LogP contribution in [0.25, 0.3) is 0 Å². The third-order valence-electron chi connectivity index (χ3n) is 3.17. The first-order valence-electron chi connectivity index (χ1n) is 5.42. The predicted octanol–water partition coefficient (Wildman–Crippen LogP) is 2.55. The van der Waals surface area contributed by atoms with Gasteiger partial charge in [-0.25, -0.2) is 0 Å². The Morgan fingerprint density at radius 2 is 2.19 bits per heavy atom. The lowest BCUT2D eigenvalue weighted by atomic mass is 9.91. The van der Waals surface area contributed by atoms with Gasteiger partial charge in [-0.2, -0.15) is 0 Å². The van der Waals surface area contributed by atoms with Crippen molar-refractivity contribution >= 4 is 23.2 Å². The third-order valence-corrected chi connectivity index (χ3v) is 3.48. The number of halogens is 1. The number of hydrogen-bond acceptors (Lipinski definition) is 2. The van der Waals surface area contributed by atoms with Crippen LogP contribution in [0.3, 0.4) is 0 Å². The molecule has 0 atom stereocenters. The molecule has 1 aromatic rings. The van der Waals surface area contributed by atoms with E-state index in [-0.39, 0.29) is 5.91 Å². The summed E-state index contributed by atoms with van der Waals surface area (Å²) in [5.74, 6) is -0.0188. The number of anilines is 1. The second-order valence-electron chi connectivity index (χ2n) is 4.24. The number of rotatable bonds is 2. The van der Waals surface area contributed by atoms with Crippen LogP contribution in [-0.4, -0.2) is 23.9 Å². The van der Waals surface area contributed by atoms with E-state index in [1.54, 1.807) is 23.1 Å². The number of benzene rings is 1. The lowest BCUT2D eigenvalue weighted by Crippen LogP contribution is -2.41. The Hall–Kier alpha value is -1.22. The smallest absolute Gasteiger partial charge is 0.255 e. The molecule has 3 nitrogen and oxygen atoms in total. The summed E-state index contributed by atoms with van der Waals surface area (Å²) in [5.41, 5.74) is 6.70. The number of nitrogens with zero attached hydrogens (tertiary/aromatic N) is 1. The van der Waals surface area contributed by atoms with Gasteiger partial charge in [0.1, 0.15) is 0 Å². The van der Waals surface area contributed by atoms with Crippen LogP contribution in [0.2, 0.25) is 5.02 Å². The molecule has 2 rings (SSSR count). The summed E-state index contributed by atoms with van der Waals surface area (Å²) < 4.78 is 0. The van der Waals surface area contributed by atoms with Gasteiger partial charge in [0.25, 0.3) is 5.91 Å². The molecule has 0 aliphatic heterocycles. The van der Waals surface area contributed by atoms with Gasteiger partial charge in [0.05, 0.1) is 10.6 Å². The summed E-state index contributed by atoms with van der Waals surface area (Å²) in [6, 6.07) is 5.38. The molecule has 2 N–H and O–H groups in total. The molecule has 1 aliphatic carbocycles. The first-order chi connectivity index (χ1) is 7.59. The van der Waals surface area contributed by atoms with Crippen molar-refractivity contribution in [3.05, 3.63) is 28.8 Å². The quantitative estimate of drug-likeness (QED) is 0.805. The molecule has 86 valence electrons. The van der Waals surface area contributed by atoms with Gasteiger partial charge in [-0.15, -0.1) is 0 Å². The zero-order valence-electron chi connectivity index (χ0n) is 9.24. The topological polar surface area (TPSA) is 46.3 Å². The second-order valence-corrected chi connectivity index (χ2v) is 4.65. The number of amides is 1. The molecule has 1 aliphatic rings. The lowest BCUT2D eigenvalue weighted by Gasteiger charge is -2.34. The van der Waals surface area contributed by atoms with Crippen molar-refractivity contribution in [3.8, 4) is 0 Å². The zero-order chi connectivity index (χ0) is 11.7. The largest absolute Gasteiger partial charge is 0.399 e. The highest BCUT2D eigenvalue weighted by Gasteiger charge is 2.27. The van der Waals surface area contributed by atoms with Crippen LogP contribution in [0, 0.1) is 0 Å². The third kappa shape index (κ3) is 2.00. The average Bonchev–Trinajstić information content (AvgIpc) is 2.14. The van der Waals surface area contributed by atoms with Crippen LogP contribution in [0.4, 0.5) is 5.69 Å². The first kappa shape index (κ1) is 11.3. The van der Waals surface area contributed by atoms with E-state index in [9.17, 15) is 4.79 Å². The molecular formula is C12H15ClN2O. The van der Waals surface area contributed by atoms with Crippen LogP contribution in [0.5, 0.6) is 0 Å². The summed E-state index contributed by atoms with van der Waals surface area (Å²) >= 11 is 6.01. The van der Waals surface area contributed by atoms with Gasteiger partial charge in [0, 0.05) is 18.8 Å². The molecule has 0 unspecified atom stereocenters. The normalized spacial score (nSPS) is 15.6. The Bertz CT molecular complexity index is 415. The van der Waals surface area contributed by atoms with Crippen molar-refractivity contribution in [1.29, 1.82) is 0 Å². The van der Waals surface area contributed by atoms with Crippen LogP contribution in [0.1, 0.15) is 29.6 Å². The van der Waals surface area contributed by atoms with E-state index in [1.807, 2.05) is 7.05 Å². The lowest BCUT2D eigenvalue weighted by molar-refractivity contribution is 0.0652. The van der Waals surface area contributed by atoms with Gasteiger partial charge < -0.3 is 10.6 Å². The summed E-state index contributed by atoms with van der Waals surface area (Å²) in [6.07, 6.45) is 3.39. The zero-order valence-corrected chi connectivity index (χ0v) is 10.00. The highest BCUT2D eigenvalue weighted by molar-refractivity contribution is 6.34.